The van der Waals surface area contributed by atoms with Gasteiger partial charge in [0, 0.05) is 16.1 Å². The predicted molar refractivity (Wildman–Crippen MR) is 138 cm³/mol. The Labute approximate surface area is 212 Å². The maximum atomic E-state index is 12.6. The number of amides is 1. The Hall–Kier alpha value is -3.66. The number of anilines is 1. The van der Waals surface area contributed by atoms with Crippen LogP contribution in [0.25, 0.3) is 22.1 Å². The smallest absolute Gasteiger partial charge is 0.322 e. The highest BCUT2D eigenvalue weighted by Crippen LogP contribution is 2.26. The zero-order valence-electron chi connectivity index (χ0n) is 19.4. The number of hydrogen-bond acceptors (Lipinski definition) is 5. The summed E-state index contributed by atoms with van der Waals surface area (Å²) in [6.45, 7) is 3.26. The van der Waals surface area contributed by atoms with Crippen LogP contribution in [0, 0.1) is 5.92 Å². The SMILES string of the molecule is CC(C)[C@H](NS(=O)(=O)c1ccc(-c2ccc(NC(=O)c3cc4cc(Cl)ccc4o3)cc2)cc1)C(=O)O. The van der Waals surface area contributed by atoms with Crippen LogP contribution in [0.5, 0.6) is 0 Å². The van der Waals surface area contributed by atoms with E-state index in [0.29, 0.717) is 16.3 Å². The van der Waals surface area contributed by atoms with Crippen LogP contribution in [0.4, 0.5) is 5.69 Å². The first-order valence-corrected chi connectivity index (χ1v) is 12.9. The van der Waals surface area contributed by atoms with Crippen molar-refractivity contribution in [3.63, 3.8) is 0 Å². The lowest BCUT2D eigenvalue weighted by Gasteiger charge is -2.18. The molecule has 36 heavy (non-hydrogen) atoms. The van der Waals surface area contributed by atoms with Crippen LogP contribution < -0.4 is 10.0 Å². The molecule has 186 valence electrons. The molecule has 1 heterocycles. The molecule has 0 aliphatic rings. The molecule has 0 unspecified atom stereocenters. The minimum absolute atomic E-state index is 0.0332. The van der Waals surface area contributed by atoms with Crippen LogP contribution in [-0.2, 0) is 14.8 Å². The van der Waals surface area contributed by atoms with E-state index >= 15 is 0 Å². The summed E-state index contributed by atoms with van der Waals surface area (Å²) < 4.78 is 33.0. The van der Waals surface area contributed by atoms with E-state index in [0.717, 1.165) is 16.5 Å². The van der Waals surface area contributed by atoms with Crippen molar-refractivity contribution >= 4 is 50.2 Å². The van der Waals surface area contributed by atoms with Gasteiger partial charge in [0.25, 0.3) is 5.91 Å². The standard InChI is InChI=1S/C26H23ClN2O6S/c1-15(2)24(26(31)32)29-36(33,34)21-10-5-17(6-11-21)16-3-8-20(9-4-16)28-25(30)23-14-18-13-19(27)7-12-22(18)35-23/h3-15,24,29H,1-2H3,(H,28,30)(H,31,32)/t24-/m0/s1. The van der Waals surface area contributed by atoms with Crippen LogP contribution in [0.2, 0.25) is 5.02 Å². The summed E-state index contributed by atoms with van der Waals surface area (Å²) in [6.07, 6.45) is 0. The second-order valence-corrected chi connectivity index (χ2v) is 10.7. The van der Waals surface area contributed by atoms with Gasteiger partial charge in [0.15, 0.2) is 5.76 Å². The number of fused-ring (bicyclic) bond motifs is 1. The first-order chi connectivity index (χ1) is 17.0. The van der Waals surface area contributed by atoms with Gasteiger partial charge in [-0.1, -0.05) is 49.7 Å². The van der Waals surface area contributed by atoms with Crippen LogP contribution in [0.15, 0.2) is 82.1 Å². The van der Waals surface area contributed by atoms with E-state index in [1.54, 1.807) is 74.5 Å². The van der Waals surface area contributed by atoms with Gasteiger partial charge in [-0.05, 0) is 65.6 Å². The number of carboxylic acid groups (broad SMARTS) is 1. The summed E-state index contributed by atoms with van der Waals surface area (Å²) in [5, 5.41) is 13.3. The van der Waals surface area contributed by atoms with E-state index < -0.39 is 33.9 Å². The topological polar surface area (TPSA) is 126 Å². The van der Waals surface area contributed by atoms with Gasteiger partial charge in [0.05, 0.1) is 4.90 Å². The van der Waals surface area contributed by atoms with Crippen molar-refractivity contribution in [2.75, 3.05) is 5.32 Å². The third-order valence-electron chi connectivity index (χ3n) is 5.56. The zero-order chi connectivity index (χ0) is 26.0. The molecule has 0 aliphatic carbocycles. The van der Waals surface area contributed by atoms with Crippen molar-refractivity contribution in [3.05, 3.63) is 83.6 Å². The first kappa shape index (κ1) is 25.4. The number of halogens is 1. The molecule has 3 N–H and O–H groups in total. The summed E-state index contributed by atoms with van der Waals surface area (Å²) in [7, 11) is -4.00. The number of carbonyl (C=O) groups excluding carboxylic acids is 1. The molecule has 1 amide bonds. The number of carbonyl (C=O) groups is 2. The predicted octanol–water partition coefficient (Wildman–Crippen LogP) is 5.39. The number of furan rings is 1. The van der Waals surface area contributed by atoms with Gasteiger partial charge in [0.2, 0.25) is 10.0 Å². The summed E-state index contributed by atoms with van der Waals surface area (Å²) >= 11 is 5.98. The molecule has 0 aliphatic heterocycles. The van der Waals surface area contributed by atoms with E-state index in [9.17, 15) is 23.1 Å². The zero-order valence-corrected chi connectivity index (χ0v) is 20.9. The minimum atomic E-state index is -4.00. The fourth-order valence-electron chi connectivity index (χ4n) is 3.60. The summed E-state index contributed by atoms with van der Waals surface area (Å²) in [5.74, 6) is -1.90. The second-order valence-electron chi connectivity index (χ2n) is 8.53. The van der Waals surface area contributed by atoms with Crippen molar-refractivity contribution in [2.24, 2.45) is 5.92 Å². The molecule has 1 aromatic heterocycles. The molecule has 0 saturated carbocycles. The number of nitrogens with one attached hydrogen (secondary N) is 2. The summed E-state index contributed by atoms with van der Waals surface area (Å²) in [6, 6.07) is 18.6. The van der Waals surface area contributed by atoms with Crippen molar-refractivity contribution in [1.29, 1.82) is 0 Å². The van der Waals surface area contributed by atoms with Gasteiger partial charge in [-0.2, -0.15) is 4.72 Å². The highest BCUT2D eigenvalue weighted by atomic mass is 35.5. The molecule has 0 saturated heterocycles. The molecule has 1 atom stereocenters. The number of carboxylic acids is 1. The fourth-order valence-corrected chi connectivity index (χ4v) is 5.12. The quantitative estimate of drug-likeness (QED) is 0.282. The van der Waals surface area contributed by atoms with Crippen LogP contribution in [0.3, 0.4) is 0 Å². The van der Waals surface area contributed by atoms with Gasteiger partial charge in [0.1, 0.15) is 11.6 Å². The lowest BCUT2D eigenvalue weighted by Crippen LogP contribution is -2.44. The number of rotatable bonds is 8. The maximum Gasteiger partial charge on any atom is 0.322 e. The Balaban J connectivity index is 1.45. The van der Waals surface area contributed by atoms with Crippen LogP contribution in [0.1, 0.15) is 24.4 Å². The third-order valence-corrected chi connectivity index (χ3v) is 7.25. The van der Waals surface area contributed by atoms with Crippen molar-refractivity contribution in [3.8, 4) is 11.1 Å². The number of sulfonamides is 1. The molecular weight excluding hydrogens is 504 g/mol. The van der Waals surface area contributed by atoms with Gasteiger partial charge in [-0.25, -0.2) is 8.42 Å². The fraction of sp³-hybridized carbons (Fsp3) is 0.154. The minimum Gasteiger partial charge on any atom is -0.480 e. The number of aliphatic carboxylic acids is 1. The summed E-state index contributed by atoms with van der Waals surface area (Å²) in [4.78, 5) is 23.9. The molecule has 4 aromatic rings. The van der Waals surface area contributed by atoms with E-state index in [1.807, 2.05) is 0 Å². The van der Waals surface area contributed by atoms with E-state index in [4.69, 9.17) is 16.0 Å². The third kappa shape index (κ3) is 5.59. The highest BCUT2D eigenvalue weighted by molar-refractivity contribution is 7.89. The van der Waals surface area contributed by atoms with Gasteiger partial charge < -0.3 is 14.8 Å². The van der Waals surface area contributed by atoms with Gasteiger partial charge >= 0.3 is 5.97 Å². The van der Waals surface area contributed by atoms with Crippen LogP contribution in [-0.4, -0.2) is 31.4 Å². The highest BCUT2D eigenvalue weighted by Gasteiger charge is 2.28. The Morgan fingerprint density at radius 1 is 0.917 bits per heavy atom. The van der Waals surface area contributed by atoms with E-state index in [2.05, 4.69) is 10.0 Å². The maximum absolute atomic E-state index is 12.6. The summed E-state index contributed by atoms with van der Waals surface area (Å²) in [5.41, 5.74) is 2.66. The molecule has 4 rings (SSSR count). The molecule has 8 nitrogen and oxygen atoms in total. The molecular formula is C26H23ClN2O6S. The molecule has 0 fully saturated rings. The average molecular weight is 527 g/mol. The molecule has 0 bridgehead atoms. The molecule has 0 radical (unpaired) electrons. The first-order valence-electron chi connectivity index (χ1n) is 11.0. The second kappa shape index (κ2) is 10.1. The van der Waals surface area contributed by atoms with Crippen molar-refractivity contribution in [2.45, 2.75) is 24.8 Å². The molecule has 0 spiro atoms. The lowest BCUT2D eigenvalue weighted by atomic mass is 10.1. The van der Waals surface area contributed by atoms with Gasteiger partial charge in [-0.15, -0.1) is 0 Å². The Kier molecular flexibility index (Phi) is 7.16. The number of benzene rings is 3. The monoisotopic (exact) mass is 526 g/mol. The largest absolute Gasteiger partial charge is 0.480 e. The number of hydrogen-bond donors (Lipinski definition) is 3. The molecule has 10 heteroatoms. The van der Waals surface area contributed by atoms with Gasteiger partial charge in [-0.3, -0.25) is 9.59 Å². The van der Waals surface area contributed by atoms with Crippen molar-refractivity contribution < 1.29 is 27.5 Å². The van der Waals surface area contributed by atoms with E-state index in [1.165, 1.54) is 12.1 Å². The molecule has 3 aromatic carbocycles. The Bertz CT molecular complexity index is 1530. The Morgan fingerprint density at radius 3 is 2.11 bits per heavy atom. The van der Waals surface area contributed by atoms with Crippen molar-refractivity contribution in [1.82, 2.24) is 4.72 Å². The average Bonchev–Trinajstić information content (AvgIpc) is 3.26. The van der Waals surface area contributed by atoms with Crippen LogP contribution >= 0.6 is 11.6 Å². The van der Waals surface area contributed by atoms with E-state index in [-0.39, 0.29) is 10.7 Å². The normalized spacial score (nSPS) is 12.6. The Morgan fingerprint density at radius 2 is 1.53 bits per heavy atom. The lowest BCUT2D eigenvalue weighted by molar-refractivity contribution is -0.140.